The summed E-state index contributed by atoms with van der Waals surface area (Å²) in [4.78, 5) is 11.8. The highest BCUT2D eigenvalue weighted by atomic mass is 19.1. The van der Waals surface area contributed by atoms with Gasteiger partial charge < -0.3 is 20.7 Å². The molecule has 4 N–H and O–H groups in total. The zero-order chi connectivity index (χ0) is 14.5. The Morgan fingerprint density at radius 2 is 2.25 bits per heavy atom. The minimum absolute atomic E-state index is 0.173. The van der Waals surface area contributed by atoms with Crippen LogP contribution < -0.4 is 5.73 Å². The van der Waals surface area contributed by atoms with Crippen LogP contribution in [0.5, 0.6) is 0 Å². The van der Waals surface area contributed by atoms with Crippen molar-refractivity contribution in [3.8, 4) is 0 Å². The second-order valence-electron chi connectivity index (χ2n) is 4.89. The highest BCUT2D eigenvalue weighted by Crippen LogP contribution is 2.42. The molecule has 1 saturated heterocycles. The first-order valence-corrected chi connectivity index (χ1v) is 6.03. The largest absolute Gasteiger partial charge is 0.394 e. The average Bonchev–Trinajstić information content (AvgIpc) is 2.92. The lowest BCUT2D eigenvalue weighted by Crippen LogP contribution is -2.40. The zero-order valence-corrected chi connectivity index (χ0v) is 10.6. The second kappa shape index (κ2) is 4.33. The second-order valence-corrected chi connectivity index (χ2v) is 4.89. The highest BCUT2D eigenvalue weighted by Gasteiger charge is 2.55. The van der Waals surface area contributed by atoms with Crippen LogP contribution in [0.3, 0.4) is 0 Å². The number of aliphatic hydroxyl groups excluding tert-OH is 2. The van der Waals surface area contributed by atoms with Crippen molar-refractivity contribution in [2.75, 3.05) is 12.3 Å². The summed E-state index contributed by atoms with van der Waals surface area (Å²) < 4.78 is 21.4. The lowest BCUT2D eigenvalue weighted by atomic mass is 9.98. The fourth-order valence-corrected chi connectivity index (χ4v) is 2.40. The third kappa shape index (κ3) is 1.67. The zero-order valence-electron chi connectivity index (χ0n) is 10.6. The van der Waals surface area contributed by atoms with E-state index in [2.05, 4.69) is 15.0 Å². The summed E-state index contributed by atoms with van der Waals surface area (Å²) in [5, 5.41) is 19.0. The van der Waals surface area contributed by atoms with E-state index in [4.69, 9.17) is 15.6 Å². The number of hydrogen-bond acceptors (Lipinski definition) is 7. The molecule has 0 aliphatic carbocycles. The predicted octanol–water partition coefficient (Wildman–Crippen LogP) is -0.613. The van der Waals surface area contributed by atoms with Gasteiger partial charge in [0.15, 0.2) is 23.4 Å². The Morgan fingerprint density at radius 3 is 2.90 bits per heavy atom. The van der Waals surface area contributed by atoms with E-state index in [-0.39, 0.29) is 5.82 Å². The lowest BCUT2D eigenvalue weighted by Gasteiger charge is -2.24. The van der Waals surface area contributed by atoms with Crippen LogP contribution in [0.2, 0.25) is 0 Å². The van der Waals surface area contributed by atoms with E-state index in [9.17, 15) is 9.50 Å². The van der Waals surface area contributed by atoms with Gasteiger partial charge >= 0.3 is 0 Å². The van der Waals surface area contributed by atoms with Gasteiger partial charge in [-0.05, 0) is 6.92 Å². The number of anilines is 1. The molecule has 0 aromatic carbocycles. The Morgan fingerprint density at radius 1 is 1.50 bits per heavy atom. The van der Waals surface area contributed by atoms with E-state index < -0.39 is 30.7 Å². The molecular weight excluding hydrogens is 269 g/mol. The van der Waals surface area contributed by atoms with E-state index in [0.717, 1.165) is 0 Å². The number of ether oxygens (including phenoxy) is 1. The predicted molar refractivity (Wildman–Crippen MR) is 66.3 cm³/mol. The number of nitrogen functional groups attached to an aromatic ring is 1. The van der Waals surface area contributed by atoms with Crippen LogP contribution in [0.4, 0.5) is 10.2 Å². The van der Waals surface area contributed by atoms with Crippen LogP contribution in [0.25, 0.3) is 11.2 Å². The molecule has 0 radical (unpaired) electrons. The average molecular weight is 283 g/mol. The minimum Gasteiger partial charge on any atom is -0.394 e. The quantitative estimate of drug-likeness (QED) is 0.672. The Hall–Kier alpha value is -1.84. The molecule has 1 aliphatic rings. The Bertz CT molecular complexity index is 646. The SMILES string of the molecule is CC1(F)[C@@H](O)[C@@H](CO)O[C@H]1n1cnc2c(N)ncnc21. The van der Waals surface area contributed by atoms with Gasteiger partial charge in [0.05, 0.1) is 12.9 Å². The maximum atomic E-state index is 14.7. The highest BCUT2D eigenvalue weighted by molar-refractivity contribution is 5.81. The van der Waals surface area contributed by atoms with Gasteiger partial charge in [0.25, 0.3) is 0 Å². The molecule has 1 unspecified atom stereocenters. The summed E-state index contributed by atoms with van der Waals surface area (Å²) in [5.41, 5.74) is 4.20. The van der Waals surface area contributed by atoms with Crippen LogP contribution in [0.15, 0.2) is 12.7 Å². The van der Waals surface area contributed by atoms with Gasteiger partial charge in [-0.1, -0.05) is 0 Å². The maximum Gasteiger partial charge on any atom is 0.181 e. The molecule has 0 spiro atoms. The van der Waals surface area contributed by atoms with Crippen molar-refractivity contribution < 1.29 is 19.3 Å². The molecule has 20 heavy (non-hydrogen) atoms. The summed E-state index contributed by atoms with van der Waals surface area (Å²) in [7, 11) is 0. The summed E-state index contributed by atoms with van der Waals surface area (Å²) in [6.07, 6.45) is -1.06. The Kier molecular flexibility index (Phi) is 2.85. The molecule has 8 nitrogen and oxygen atoms in total. The van der Waals surface area contributed by atoms with Gasteiger partial charge in [0.1, 0.15) is 24.1 Å². The summed E-state index contributed by atoms with van der Waals surface area (Å²) in [6, 6.07) is 0. The van der Waals surface area contributed by atoms with Crippen molar-refractivity contribution in [3.63, 3.8) is 0 Å². The minimum atomic E-state index is -2.10. The van der Waals surface area contributed by atoms with Crippen molar-refractivity contribution >= 4 is 17.0 Å². The molecule has 9 heteroatoms. The van der Waals surface area contributed by atoms with Gasteiger partial charge in [0.2, 0.25) is 0 Å². The first kappa shape index (κ1) is 13.2. The third-order valence-corrected chi connectivity index (χ3v) is 3.54. The van der Waals surface area contributed by atoms with Crippen molar-refractivity contribution in [1.29, 1.82) is 0 Å². The van der Waals surface area contributed by atoms with Crippen molar-refractivity contribution in [2.45, 2.75) is 31.0 Å². The van der Waals surface area contributed by atoms with Gasteiger partial charge in [-0.25, -0.2) is 19.3 Å². The van der Waals surface area contributed by atoms with Gasteiger partial charge in [-0.2, -0.15) is 0 Å². The molecule has 0 saturated carbocycles. The monoisotopic (exact) mass is 283 g/mol. The first-order chi connectivity index (χ1) is 9.46. The normalized spacial score (nSPS) is 33.9. The fourth-order valence-electron chi connectivity index (χ4n) is 2.40. The molecule has 3 heterocycles. The third-order valence-electron chi connectivity index (χ3n) is 3.54. The molecule has 2 aromatic rings. The molecule has 1 fully saturated rings. The van der Waals surface area contributed by atoms with E-state index in [0.29, 0.717) is 11.2 Å². The van der Waals surface area contributed by atoms with Gasteiger partial charge in [-0.3, -0.25) is 4.57 Å². The molecule has 3 rings (SSSR count). The number of rotatable bonds is 2. The van der Waals surface area contributed by atoms with Crippen LogP contribution in [-0.2, 0) is 4.74 Å². The first-order valence-electron chi connectivity index (χ1n) is 6.03. The van der Waals surface area contributed by atoms with Crippen molar-refractivity contribution in [3.05, 3.63) is 12.7 Å². The standard InChI is InChI=1S/C11H14FN5O3/c1-11(12)7(19)5(2-18)20-10(11)17-4-16-6-8(13)14-3-15-9(6)17/h3-5,7,10,18-19H,2H2,1H3,(H2,13,14,15)/t5-,7+,10-,11?/m1/s1. The van der Waals surface area contributed by atoms with E-state index in [1.165, 1.54) is 24.1 Å². The number of hydrogen-bond donors (Lipinski definition) is 3. The molecule has 2 aromatic heterocycles. The van der Waals surface area contributed by atoms with Crippen molar-refractivity contribution in [1.82, 2.24) is 19.5 Å². The summed E-state index contributed by atoms with van der Waals surface area (Å²) >= 11 is 0. The van der Waals surface area contributed by atoms with Crippen LogP contribution in [-0.4, -0.2) is 54.2 Å². The molecule has 0 bridgehead atoms. The topological polar surface area (TPSA) is 119 Å². The summed E-state index contributed by atoms with van der Waals surface area (Å²) in [5.74, 6) is 0.173. The number of aliphatic hydroxyl groups is 2. The van der Waals surface area contributed by atoms with Crippen LogP contribution in [0.1, 0.15) is 13.2 Å². The van der Waals surface area contributed by atoms with Crippen LogP contribution in [0, 0.1) is 0 Å². The number of alkyl halides is 1. The van der Waals surface area contributed by atoms with Crippen molar-refractivity contribution in [2.24, 2.45) is 0 Å². The molecular formula is C11H14FN5O3. The number of nitrogens with zero attached hydrogens (tertiary/aromatic N) is 4. The van der Waals surface area contributed by atoms with E-state index in [1.807, 2.05) is 0 Å². The van der Waals surface area contributed by atoms with Gasteiger partial charge in [0, 0.05) is 0 Å². The lowest BCUT2D eigenvalue weighted by molar-refractivity contribution is -0.0566. The smallest absolute Gasteiger partial charge is 0.181 e. The van der Waals surface area contributed by atoms with E-state index >= 15 is 0 Å². The number of aromatic nitrogens is 4. The maximum absolute atomic E-state index is 14.7. The number of halogens is 1. The van der Waals surface area contributed by atoms with Crippen LogP contribution >= 0.6 is 0 Å². The van der Waals surface area contributed by atoms with Gasteiger partial charge in [-0.15, -0.1) is 0 Å². The fraction of sp³-hybridized carbons (Fsp3) is 0.545. The molecule has 108 valence electrons. The molecule has 1 aliphatic heterocycles. The van der Waals surface area contributed by atoms with E-state index in [1.54, 1.807) is 0 Å². The number of fused-ring (bicyclic) bond motifs is 1. The summed E-state index contributed by atoms with van der Waals surface area (Å²) in [6.45, 7) is 0.718. The molecule has 4 atom stereocenters. The Balaban J connectivity index is 2.10. The Labute approximate surface area is 113 Å². The number of imidazole rings is 1. The molecule has 0 amide bonds. The number of nitrogens with two attached hydrogens (primary N) is 1.